The van der Waals surface area contributed by atoms with Crippen LogP contribution in [-0.2, 0) is 133 Å². The standard InChI is InChI=1S/C107H192N6O28S7/c1-14-18-22-26-29-33-74-143-81-88(6)102(122)136-67-60-129-95(115)37-44-109(43-36-94(114)128-59-66-135-101(121)87(5)80-142-73-32-25-21-17-4)56-77-146-84-91(9)105(125)139-70-63-132-98(118)40-47-111(58-79-148-86-93(11)107(127)141-72-65-134-100(120)42-49-112-52-54-113(55-53-112)51-50-108(12)13)48-41-99(119)133-64-71-140-106(126)92(10)85-147-78-57-110(45-38-96(116)130-61-68-137-103(123)89(7)82-144-75-34-30-27-23-19-15-2)46-39-97(117)131-62-69-138-104(124)90(8)83-145-76-35-31-28-24-20-16-3/h87-93H,14-86H2,1-13H3. The Hall–Kier alpha value is -5.21. The Balaban J connectivity index is 2.98. The molecule has 0 N–H and O–H groups in total. The van der Waals surface area contributed by atoms with E-state index in [1.807, 2.05) is 42.4 Å². The second-order valence-corrected chi connectivity index (χ2v) is 46.2. The summed E-state index contributed by atoms with van der Waals surface area (Å²) in [4.78, 5) is 194. The predicted molar refractivity (Wildman–Crippen MR) is 596 cm³/mol. The van der Waals surface area contributed by atoms with Gasteiger partial charge in [-0.3, -0.25) is 72.0 Å². The fourth-order valence-electron chi connectivity index (χ4n) is 14.4. The summed E-state index contributed by atoms with van der Waals surface area (Å²) in [5.74, 6) is -0.117. The largest absolute Gasteiger partial charge is 0.462 e. The van der Waals surface area contributed by atoms with E-state index in [2.05, 4.69) is 56.5 Å². The van der Waals surface area contributed by atoms with E-state index in [-0.39, 0.29) is 230 Å². The molecule has 1 rings (SSSR count). The molecule has 0 spiro atoms. The number of nitrogens with zero attached hydrogens (tertiary/aromatic N) is 6. The molecule has 0 aliphatic carbocycles. The van der Waals surface area contributed by atoms with Crippen molar-refractivity contribution in [1.82, 2.24) is 29.4 Å². The zero-order valence-electron chi connectivity index (χ0n) is 92.6. The summed E-state index contributed by atoms with van der Waals surface area (Å²) in [5.41, 5.74) is 0. The molecule has 0 amide bonds. The highest BCUT2D eigenvalue weighted by atomic mass is 32.2. The molecule has 0 aromatic rings. The van der Waals surface area contributed by atoms with Crippen LogP contribution in [0.2, 0.25) is 0 Å². The SMILES string of the molecule is CCCCCCCCSCC(C)C(=O)OCCOC(=O)CCN(CCSCC(C)C(=O)OCCOC(=O)CCN(CCSCC(C)C(=O)OCCOC(=O)CCN1CCN(CCN(C)C)CC1)CCC(=O)OCCOC(=O)C(C)CSCCN(CCC(=O)OCCOC(=O)C(C)CSCCCCCCCC)CCC(=O)OCCOC(=O)C(C)CSCCCCCCCC)CCC(=O)OCCOC(=O)C(C)CSCCCCCC. The molecule has 1 saturated heterocycles. The van der Waals surface area contributed by atoms with Gasteiger partial charge in [-0.2, -0.15) is 82.3 Å². The van der Waals surface area contributed by atoms with E-state index < -0.39 is 71.5 Å². The Kier molecular flexibility index (Phi) is 92.7. The molecule has 7 unspecified atom stereocenters. The van der Waals surface area contributed by atoms with Crippen molar-refractivity contribution < 1.29 is 133 Å². The zero-order valence-corrected chi connectivity index (χ0v) is 98.3. The van der Waals surface area contributed by atoms with Crippen LogP contribution in [-0.4, -0.2) is 405 Å². The molecule has 860 valence electrons. The van der Waals surface area contributed by atoms with Crippen LogP contribution < -0.4 is 0 Å². The van der Waals surface area contributed by atoms with Gasteiger partial charge in [-0.1, -0.05) is 192 Å². The average Bonchev–Trinajstić information content (AvgIpc) is 0.904. The Morgan fingerprint density at radius 2 is 0.378 bits per heavy atom. The van der Waals surface area contributed by atoms with Crippen LogP contribution in [0.4, 0.5) is 0 Å². The van der Waals surface area contributed by atoms with Crippen molar-refractivity contribution in [2.24, 2.45) is 41.4 Å². The molecule has 1 fully saturated rings. The monoisotopic (exact) mass is 2230 g/mol. The van der Waals surface area contributed by atoms with Gasteiger partial charge in [-0.25, -0.2) is 0 Å². The number of hydrogen-bond acceptors (Lipinski definition) is 41. The third-order valence-corrected chi connectivity index (χ3v) is 32.9. The maximum Gasteiger partial charge on any atom is 0.309 e. The highest BCUT2D eigenvalue weighted by Gasteiger charge is 2.27. The van der Waals surface area contributed by atoms with Gasteiger partial charge in [-0.05, 0) is 62.8 Å². The summed E-state index contributed by atoms with van der Waals surface area (Å²) in [6, 6.07) is 0. The van der Waals surface area contributed by atoms with Gasteiger partial charge in [0.2, 0.25) is 0 Å². The first-order chi connectivity index (χ1) is 71.4. The number of carbonyl (C=O) groups excluding carboxylic acids is 14. The van der Waals surface area contributed by atoms with Crippen LogP contribution >= 0.6 is 82.3 Å². The molecule has 0 aromatic carbocycles. The van der Waals surface area contributed by atoms with Gasteiger partial charge in [0.1, 0.15) is 92.5 Å². The van der Waals surface area contributed by atoms with E-state index in [9.17, 15) is 67.1 Å². The average molecular weight is 2240 g/mol. The van der Waals surface area contributed by atoms with Gasteiger partial charge in [0, 0.05) is 162 Å². The van der Waals surface area contributed by atoms with E-state index >= 15 is 0 Å². The number of hydrogen-bond donors (Lipinski definition) is 0. The number of rotatable bonds is 101. The zero-order chi connectivity index (χ0) is 109. The lowest BCUT2D eigenvalue weighted by molar-refractivity contribution is -0.154. The lowest BCUT2D eigenvalue weighted by Crippen LogP contribution is -2.48. The minimum absolute atomic E-state index is 0.0150. The van der Waals surface area contributed by atoms with Crippen molar-refractivity contribution in [3.8, 4) is 0 Å². The first-order valence-corrected chi connectivity index (χ1v) is 63.1. The van der Waals surface area contributed by atoms with Gasteiger partial charge in [0.25, 0.3) is 0 Å². The van der Waals surface area contributed by atoms with Crippen molar-refractivity contribution in [2.45, 2.75) is 262 Å². The van der Waals surface area contributed by atoms with Gasteiger partial charge in [-0.15, -0.1) is 0 Å². The first-order valence-electron chi connectivity index (χ1n) is 55.0. The van der Waals surface area contributed by atoms with Gasteiger partial charge in [0.15, 0.2) is 0 Å². The fourth-order valence-corrected chi connectivity index (χ4v) is 21.8. The quantitative estimate of drug-likeness (QED) is 0.0310. The van der Waals surface area contributed by atoms with Crippen LogP contribution in [0.1, 0.15) is 262 Å². The summed E-state index contributed by atoms with van der Waals surface area (Å²) in [6.07, 6.45) is 26.3. The molecule has 41 heteroatoms. The van der Waals surface area contributed by atoms with Gasteiger partial charge in [0.05, 0.1) is 86.4 Å². The van der Waals surface area contributed by atoms with Crippen molar-refractivity contribution in [3.05, 3.63) is 0 Å². The molecule has 0 bridgehead atoms. The van der Waals surface area contributed by atoms with E-state index in [1.165, 1.54) is 138 Å². The summed E-state index contributed by atoms with van der Waals surface area (Å²) in [5, 5.41) is 0. The van der Waals surface area contributed by atoms with E-state index in [1.54, 1.807) is 67.8 Å². The number of piperazine rings is 1. The number of thioether (sulfide) groups is 7. The number of unbranched alkanes of at least 4 members (excludes halogenated alkanes) is 18. The van der Waals surface area contributed by atoms with Crippen molar-refractivity contribution >= 4 is 166 Å². The molecule has 34 nitrogen and oxygen atoms in total. The molecule has 0 saturated carbocycles. The summed E-state index contributed by atoms with van der Waals surface area (Å²) < 4.78 is 76.2. The van der Waals surface area contributed by atoms with Crippen molar-refractivity contribution in [3.63, 3.8) is 0 Å². The van der Waals surface area contributed by atoms with Crippen LogP contribution in [0, 0.1) is 41.4 Å². The minimum atomic E-state index is -0.582. The predicted octanol–water partition coefficient (Wildman–Crippen LogP) is 15.7. The normalized spacial score (nSPS) is 13.7. The maximum atomic E-state index is 13.3. The number of esters is 14. The smallest absolute Gasteiger partial charge is 0.309 e. The van der Waals surface area contributed by atoms with Crippen LogP contribution in [0.25, 0.3) is 0 Å². The number of likely N-dealkylation sites (N-methyl/N-ethyl adjacent to an activating group) is 1. The van der Waals surface area contributed by atoms with Crippen LogP contribution in [0.5, 0.6) is 0 Å². The lowest BCUT2D eigenvalue weighted by atomic mass is 10.1. The Labute approximate surface area is 918 Å². The van der Waals surface area contributed by atoms with E-state index in [0.29, 0.717) is 83.7 Å². The fraction of sp³-hybridized carbons (Fsp3) is 0.869. The van der Waals surface area contributed by atoms with Crippen LogP contribution in [0.3, 0.4) is 0 Å². The molecule has 7 atom stereocenters. The minimum Gasteiger partial charge on any atom is -0.462 e. The van der Waals surface area contributed by atoms with Gasteiger partial charge < -0.3 is 90.8 Å². The van der Waals surface area contributed by atoms with Crippen molar-refractivity contribution in [1.29, 1.82) is 0 Å². The highest BCUT2D eigenvalue weighted by molar-refractivity contribution is 8.00. The molecule has 1 aliphatic heterocycles. The van der Waals surface area contributed by atoms with E-state index in [0.717, 1.165) is 101 Å². The highest BCUT2D eigenvalue weighted by Crippen LogP contribution is 2.22. The number of ether oxygens (including phenoxy) is 14. The third kappa shape index (κ3) is 84.2. The first kappa shape index (κ1) is 141. The third-order valence-electron chi connectivity index (χ3n) is 24.0. The molecule has 1 heterocycles. The molecule has 148 heavy (non-hydrogen) atoms. The number of carbonyl (C=O) groups is 14. The molecule has 0 aromatic heterocycles. The van der Waals surface area contributed by atoms with Crippen LogP contribution in [0.15, 0.2) is 0 Å². The second kappa shape index (κ2) is 97.5. The summed E-state index contributed by atoms with van der Waals surface area (Å²) in [7, 11) is 4.12. The Morgan fingerprint density at radius 1 is 0.209 bits per heavy atom. The topological polar surface area (TPSA) is 388 Å². The Morgan fingerprint density at radius 3 is 0.581 bits per heavy atom. The summed E-state index contributed by atoms with van der Waals surface area (Å²) in [6.45, 7) is 28.2. The van der Waals surface area contributed by atoms with Crippen molar-refractivity contribution in [2.75, 3.05) is 292 Å². The molecular formula is C107H192N6O28S7. The Bertz CT molecular complexity index is 3380. The maximum absolute atomic E-state index is 13.3. The molecule has 0 radical (unpaired) electrons. The lowest BCUT2D eigenvalue weighted by Gasteiger charge is -2.35. The summed E-state index contributed by atoms with van der Waals surface area (Å²) >= 11 is 11.3. The van der Waals surface area contributed by atoms with E-state index in [4.69, 9.17) is 66.3 Å². The van der Waals surface area contributed by atoms with Gasteiger partial charge >= 0.3 is 83.6 Å². The molecular weight excluding hydrogens is 2040 g/mol. The molecule has 1 aliphatic rings. The second-order valence-electron chi connectivity index (χ2n) is 38.2.